The van der Waals surface area contributed by atoms with Gasteiger partial charge in [0.1, 0.15) is 0 Å². The number of non-ortho nitro benzene ring substituents is 1. The van der Waals surface area contributed by atoms with Gasteiger partial charge in [0.25, 0.3) is 11.6 Å². The van der Waals surface area contributed by atoms with Gasteiger partial charge >= 0.3 is 5.97 Å². The van der Waals surface area contributed by atoms with E-state index in [1.807, 2.05) is 37.3 Å². The predicted octanol–water partition coefficient (Wildman–Crippen LogP) is 2.89. The van der Waals surface area contributed by atoms with Gasteiger partial charge in [-0.05, 0) is 18.1 Å². The summed E-state index contributed by atoms with van der Waals surface area (Å²) in [6.45, 7) is 2.37. The molecule has 0 atom stereocenters. The fourth-order valence-electron chi connectivity index (χ4n) is 2.29. The van der Waals surface area contributed by atoms with Crippen molar-refractivity contribution in [3.8, 4) is 0 Å². The number of rotatable bonds is 9. The number of hydrogen-bond donors (Lipinski definition) is 2. The Morgan fingerprint density at radius 1 is 1.15 bits per heavy atom. The first-order valence-corrected chi connectivity index (χ1v) is 8.51. The summed E-state index contributed by atoms with van der Waals surface area (Å²) in [5, 5.41) is 16.7. The highest BCUT2D eigenvalue weighted by Gasteiger charge is 2.19. The number of nitrogens with one attached hydrogen (secondary N) is 2. The standard InChI is InChI=1S/C19H21N3O5/c1-2-10-20-18(23)13-27-19(24)16-11-15(22(25)26)8-9-17(16)21-12-14-6-4-3-5-7-14/h3-9,11,21H,2,10,12-13H2,1H3,(H,20,23). The van der Waals surface area contributed by atoms with E-state index in [2.05, 4.69) is 10.6 Å². The van der Waals surface area contributed by atoms with Gasteiger partial charge in [-0.15, -0.1) is 0 Å². The Kier molecular flexibility index (Phi) is 7.30. The molecular formula is C19H21N3O5. The number of hydrogen-bond acceptors (Lipinski definition) is 6. The Bertz CT molecular complexity index is 808. The number of benzene rings is 2. The third kappa shape index (κ3) is 6.10. The Labute approximate surface area is 156 Å². The molecule has 1 amide bonds. The zero-order valence-corrected chi connectivity index (χ0v) is 14.9. The fourth-order valence-corrected chi connectivity index (χ4v) is 2.29. The molecule has 0 heterocycles. The van der Waals surface area contributed by atoms with Crippen LogP contribution in [0.2, 0.25) is 0 Å². The van der Waals surface area contributed by atoms with E-state index in [-0.39, 0.29) is 11.3 Å². The highest BCUT2D eigenvalue weighted by atomic mass is 16.6. The maximum Gasteiger partial charge on any atom is 0.341 e. The first-order chi connectivity index (χ1) is 13.0. The molecule has 27 heavy (non-hydrogen) atoms. The van der Waals surface area contributed by atoms with Crippen molar-refractivity contribution >= 4 is 23.3 Å². The van der Waals surface area contributed by atoms with Crippen LogP contribution >= 0.6 is 0 Å². The zero-order valence-electron chi connectivity index (χ0n) is 14.9. The Morgan fingerprint density at radius 2 is 1.89 bits per heavy atom. The van der Waals surface area contributed by atoms with Crippen LogP contribution in [0.5, 0.6) is 0 Å². The summed E-state index contributed by atoms with van der Waals surface area (Å²) >= 11 is 0. The van der Waals surface area contributed by atoms with E-state index in [9.17, 15) is 19.7 Å². The molecule has 0 radical (unpaired) electrons. The van der Waals surface area contributed by atoms with Gasteiger partial charge in [0.2, 0.25) is 0 Å². The normalized spacial score (nSPS) is 10.1. The maximum atomic E-state index is 12.4. The summed E-state index contributed by atoms with van der Waals surface area (Å²) in [5.74, 6) is -1.23. The number of amides is 1. The monoisotopic (exact) mass is 371 g/mol. The molecule has 0 aliphatic carbocycles. The topological polar surface area (TPSA) is 111 Å². The molecule has 0 spiro atoms. The van der Waals surface area contributed by atoms with Gasteiger partial charge in [-0.1, -0.05) is 37.3 Å². The van der Waals surface area contributed by atoms with Gasteiger partial charge in [-0.25, -0.2) is 4.79 Å². The molecule has 0 bridgehead atoms. The van der Waals surface area contributed by atoms with Crippen LogP contribution in [0.25, 0.3) is 0 Å². The molecule has 0 unspecified atom stereocenters. The van der Waals surface area contributed by atoms with Crippen LogP contribution in [0, 0.1) is 10.1 Å². The molecule has 0 aromatic heterocycles. The van der Waals surface area contributed by atoms with Crippen molar-refractivity contribution in [1.82, 2.24) is 5.32 Å². The van der Waals surface area contributed by atoms with Crippen molar-refractivity contribution < 1.29 is 19.2 Å². The highest BCUT2D eigenvalue weighted by molar-refractivity contribution is 5.97. The molecule has 8 nitrogen and oxygen atoms in total. The summed E-state index contributed by atoms with van der Waals surface area (Å²) in [6, 6.07) is 13.4. The van der Waals surface area contributed by atoms with Gasteiger partial charge in [0.15, 0.2) is 6.61 Å². The second-order valence-corrected chi connectivity index (χ2v) is 5.75. The number of nitro groups is 1. The molecule has 142 valence electrons. The lowest BCUT2D eigenvalue weighted by molar-refractivity contribution is -0.384. The summed E-state index contributed by atoms with van der Waals surface area (Å²) < 4.78 is 5.00. The van der Waals surface area contributed by atoms with Crippen LogP contribution in [0.4, 0.5) is 11.4 Å². The third-order valence-corrected chi connectivity index (χ3v) is 3.67. The number of nitro benzene ring substituents is 1. The molecule has 2 rings (SSSR count). The SMILES string of the molecule is CCCNC(=O)COC(=O)c1cc([N+](=O)[O-])ccc1NCc1ccccc1. The van der Waals surface area contributed by atoms with Gasteiger partial charge < -0.3 is 15.4 Å². The molecular weight excluding hydrogens is 350 g/mol. The molecule has 0 fully saturated rings. The molecule has 0 aliphatic heterocycles. The molecule has 2 aromatic carbocycles. The van der Waals surface area contributed by atoms with Crippen LogP contribution in [0.15, 0.2) is 48.5 Å². The van der Waals surface area contributed by atoms with Gasteiger partial charge in [0.05, 0.1) is 10.5 Å². The van der Waals surface area contributed by atoms with Crippen LogP contribution in [0.3, 0.4) is 0 Å². The second kappa shape index (κ2) is 9.91. The van der Waals surface area contributed by atoms with Crippen LogP contribution in [0.1, 0.15) is 29.3 Å². The van der Waals surface area contributed by atoms with Gasteiger partial charge in [-0.2, -0.15) is 0 Å². The predicted molar refractivity (Wildman–Crippen MR) is 100 cm³/mol. The number of ether oxygens (including phenoxy) is 1. The Balaban J connectivity index is 2.12. The minimum absolute atomic E-state index is 0.00317. The smallest absolute Gasteiger partial charge is 0.341 e. The second-order valence-electron chi connectivity index (χ2n) is 5.75. The van der Waals surface area contributed by atoms with E-state index < -0.39 is 23.4 Å². The van der Waals surface area contributed by atoms with Crippen LogP contribution in [-0.4, -0.2) is 30.0 Å². The number of carbonyl (C=O) groups is 2. The quantitative estimate of drug-likeness (QED) is 0.398. The average molecular weight is 371 g/mol. The zero-order chi connectivity index (χ0) is 19.6. The lowest BCUT2D eigenvalue weighted by atomic mass is 10.1. The lowest BCUT2D eigenvalue weighted by Gasteiger charge is -2.12. The van der Waals surface area contributed by atoms with Crippen molar-refractivity contribution in [2.45, 2.75) is 19.9 Å². The molecule has 0 aliphatic rings. The number of anilines is 1. The van der Waals surface area contributed by atoms with Crippen molar-refractivity contribution in [3.63, 3.8) is 0 Å². The molecule has 0 saturated carbocycles. The maximum absolute atomic E-state index is 12.4. The number of nitrogens with zero attached hydrogens (tertiary/aromatic N) is 1. The van der Waals surface area contributed by atoms with Crippen LogP contribution < -0.4 is 10.6 Å². The van der Waals surface area contributed by atoms with Crippen molar-refractivity contribution in [1.29, 1.82) is 0 Å². The fraction of sp³-hybridized carbons (Fsp3) is 0.263. The molecule has 2 N–H and O–H groups in total. The molecule has 8 heteroatoms. The average Bonchev–Trinajstić information content (AvgIpc) is 2.69. The van der Waals surface area contributed by atoms with E-state index in [1.165, 1.54) is 12.1 Å². The minimum atomic E-state index is -0.805. The van der Waals surface area contributed by atoms with Crippen molar-refractivity contribution in [3.05, 3.63) is 69.8 Å². The van der Waals surface area contributed by atoms with Crippen LogP contribution in [-0.2, 0) is 16.1 Å². The first-order valence-electron chi connectivity index (χ1n) is 8.51. The highest BCUT2D eigenvalue weighted by Crippen LogP contribution is 2.23. The van der Waals surface area contributed by atoms with E-state index in [0.717, 1.165) is 18.1 Å². The van der Waals surface area contributed by atoms with E-state index in [4.69, 9.17) is 4.74 Å². The van der Waals surface area contributed by atoms with Gasteiger partial charge in [-0.3, -0.25) is 14.9 Å². The number of carbonyl (C=O) groups excluding carboxylic acids is 2. The van der Waals surface area contributed by atoms with E-state index in [1.54, 1.807) is 0 Å². The van der Waals surface area contributed by atoms with Crippen molar-refractivity contribution in [2.24, 2.45) is 0 Å². The Hall–Kier alpha value is -3.42. The van der Waals surface area contributed by atoms with E-state index >= 15 is 0 Å². The minimum Gasteiger partial charge on any atom is -0.452 e. The van der Waals surface area contributed by atoms with E-state index in [0.29, 0.717) is 18.8 Å². The van der Waals surface area contributed by atoms with Crippen molar-refractivity contribution in [2.75, 3.05) is 18.5 Å². The summed E-state index contributed by atoms with van der Waals surface area (Å²) in [7, 11) is 0. The molecule has 2 aromatic rings. The first kappa shape index (κ1) is 19.9. The summed E-state index contributed by atoms with van der Waals surface area (Å²) in [5.41, 5.74) is 1.14. The Morgan fingerprint density at radius 3 is 2.56 bits per heavy atom. The molecule has 0 saturated heterocycles. The summed E-state index contributed by atoms with van der Waals surface area (Å²) in [4.78, 5) is 34.4. The number of esters is 1. The lowest BCUT2D eigenvalue weighted by Crippen LogP contribution is -2.29. The van der Waals surface area contributed by atoms with Gasteiger partial charge in [0, 0.05) is 30.9 Å². The third-order valence-electron chi connectivity index (χ3n) is 3.67. The largest absolute Gasteiger partial charge is 0.452 e. The summed E-state index contributed by atoms with van der Waals surface area (Å²) in [6.07, 6.45) is 0.762.